The van der Waals surface area contributed by atoms with Gasteiger partial charge >= 0.3 is 0 Å². The van der Waals surface area contributed by atoms with E-state index in [0.29, 0.717) is 0 Å². The number of likely N-dealkylation sites (N-methyl/N-ethyl adjacent to an activating group) is 1. The predicted molar refractivity (Wildman–Crippen MR) is 75.9 cm³/mol. The zero-order valence-electron chi connectivity index (χ0n) is 11.2. The van der Waals surface area contributed by atoms with Gasteiger partial charge in [0, 0.05) is 18.5 Å². The molecule has 0 spiro atoms. The summed E-state index contributed by atoms with van der Waals surface area (Å²) in [7, 11) is 1.92. The molecular weight excluding hydrogens is 244 g/mol. The SMILES string of the molecule is CCC1(C(=O)N(C)CCc2cccs2)CCCN1. The number of nitrogens with zero attached hydrogens (tertiary/aromatic N) is 1. The fraction of sp³-hybridized carbons (Fsp3) is 0.643. The second-order valence-corrected chi connectivity index (χ2v) is 6.05. The van der Waals surface area contributed by atoms with Crippen LogP contribution in [0.1, 0.15) is 31.1 Å². The predicted octanol–water partition coefficient (Wildman–Crippen LogP) is 2.28. The van der Waals surface area contributed by atoms with Gasteiger partial charge in [0.2, 0.25) is 5.91 Å². The third kappa shape index (κ3) is 2.75. The van der Waals surface area contributed by atoms with Gasteiger partial charge < -0.3 is 10.2 Å². The number of rotatable bonds is 5. The van der Waals surface area contributed by atoms with Crippen LogP contribution in [0.25, 0.3) is 0 Å². The molecule has 3 nitrogen and oxygen atoms in total. The van der Waals surface area contributed by atoms with Gasteiger partial charge in [0.25, 0.3) is 0 Å². The van der Waals surface area contributed by atoms with Crippen molar-refractivity contribution in [3.63, 3.8) is 0 Å². The quantitative estimate of drug-likeness (QED) is 0.887. The second kappa shape index (κ2) is 5.85. The van der Waals surface area contributed by atoms with Crippen molar-refractivity contribution in [3.8, 4) is 0 Å². The summed E-state index contributed by atoms with van der Waals surface area (Å²) in [6, 6.07) is 4.19. The van der Waals surface area contributed by atoms with Gasteiger partial charge in [-0.2, -0.15) is 0 Å². The largest absolute Gasteiger partial charge is 0.344 e. The maximum Gasteiger partial charge on any atom is 0.242 e. The van der Waals surface area contributed by atoms with E-state index in [1.165, 1.54) is 4.88 Å². The molecule has 0 saturated carbocycles. The Morgan fingerprint density at radius 1 is 1.61 bits per heavy atom. The minimum atomic E-state index is -0.288. The molecule has 0 aliphatic carbocycles. The highest BCUT2D eigenvalue weighted by atomic mass is 32.1. The van der Waals surface area contributed by atoms with Crippen LogP contribution in [0, 0.1) is 0 Å². The van der Waals surface area contributed by atoms with E-state index in [1.807, 2.05) is 11.9 Å². The molecule has 4 heteroatoms. The molecule has 1 N–H and O–H groups in total. The molecule has 1 unspecified atom stereocenters. The Balaban J connectivity index is 1.91. The normalized spacial score (nSPS) is 23.2. The Bertz CT molecular complexity index is 383. The van der Waals surface area contributed by atoms with Crippen LogP contribution in [0.15, 0.2) is 17.5 Å². The van der Waals surface area contributed by atoms with E-state index in [4.69, 9.17) is 0 Å². The van der Waals surface area contributed by atoms with Crippen molar-refractivity contribution < 1.29 is 4.79 Å². The van der Waals surface area contributed by atoms with Crippen LogP contribution in [0.4, 0.5) is 0 Å². The number of nitrogens with one attached hydrogen (secondary N) is 1. The fourth-order valence-corrected chi connectivity index (χ4v) is 3.34. The number of hydrogen-bond acceptors (Lipinski definition) is 3. The summed E-state index contributed by atoms with van der Waals surface area (Å²) in [5.74, 6) is 0.263. The maximum atomic E-state index is 12.5. The lowest BCUT2D eigenvalue weighted by atomic mass is 9.92. The maximum absolute atomic E-state index is 12.5. The molecule has 100 valence electrons. The highest BCUT2D eigenvalue weighted by Gasteiger charge is 2.40. The molecular formula is C14H22N2OS. The first kappa shape index (κ1) is 13.6. The fourth-order valence-electron chi connectivity index (χ4n) is 2.64. The van der Waals surface area contributed by atoms with Crippen molar-refractivity contribution in [3.05, 3.63) is 22.4 Å². The minimum absolute atomic E-state index is 0.263. The number of amides is 1. The van der Waals surface area contributed by atoms with Crippen LogP contribution >= 0.6 is 11.3 Å². The van der Waals surface area contributed by atoms with Crippen molar-refractivity contribution in [1.82, 2.24) is 10.2 Å². The zero-order valence-corrected chi connectivity index (χ0v) is 12.1. The summed E-state index contributed by atoms with van der Waals surface area (Å²) in [4.78, 5) is 15.8. The molecule has 1 aliphatic heterocycles. The first-order valence-electron chi connectivity index (χ1n) is 6.71. The van der Waals surface area contributed by atoms with E-state index in [2.05, 4.69) is 29.8 Å². The van der Waals surface area contributed by atoms with E-state index >= 15 is 0 Å². The lowest BCUT2D eigenvalue weighted by molar-refractivity contribution is -0.136. The Labute approximate surface area is 113 Å². The molecule has 0 aromatic carbocycles. The molecule has 1 saturated heterocycles. The number of thiophene rings is 1. The molecule has 0 bridgehead atoms. The molecule has 0 radical (unpaired) electrons. The summed E-state index contributed by atoms with van der Waals surface area (Å²) in [6.45, 7) is 3.88. The van der Waals surface area contributed by atoms with Gasteiger partial charge in [-0.1, -0.05) is 13.0 Å². The molecule has 1 aromatic heterocycles. The Kier molecular flexibility index (Phi) is 4.40. The van der Waals surface area contributed by atoms with E-state index in [1.54, 1.807) is 11.3 Å². The number of carbonyl (C=O) groups excluding carboxylic acids is 1. The Morgan fingerprint density at radius 2 is 2.44 bits per heavy atom. The van der Waals surface area contributed by atoms with Crippen molar-refractivity contribution in [2.45, 2.75) is 38.1 Å². The summed E-state index contributed by atoms with van der Waals surface area (Å²) in [5.41, 5.74) is -0.288. The first-order chi connectivity index (χ1) is 8.68. The minimum Gasteiger partial charge on any atom is -0.344 e. The van der Waals surface area contributed by atoms with Crippen molar-refractivity contribution in [2.75, 3.05) is 20.1 Å². The third-order valence-corrected chi connectivity index (χ3v) is 4.81. The lowest BCUT2D eigenvalue weighted by Crippen LogP contribution is -2.53. The van der Waals surface area contributed by atoms with E-state index in [9.17, 15) is 4.79 Å². The van der Waals surface area contributed by atoms with E-state index in [0.717, 1.165) is 38.8 Å². The van der Waals surface area contributed by atoms with Crippen LogP contribution in [-0.2, 0) is 11.2 Å². The van der Waals surface area contributed by atoms with Gasteiger partial charge in [-0.3, -0.25) is 4.79 Å². The summed E-state index contributed by atoms with van der Waals surface area (Å²) < 4.78 is 0. The summed E-state index contributed by atoms with van der Waals surface area (Å²) in [5, 5.41) is 5.49. The van der Waals surface area contributed by atoms with E-state index < -0.39 is 0 Å². The Hall–Kier alpha value is -0.870. The third-order valence-electron chi connectivity index (χ3n) is 3.88. The van der Waals surface area contributed by atoms with Crippen molar-refractivity contribution in [2.24, 2.45) is 0 Å². The molecule has 1 atom stereocenters. The van der Waals surface area contributed by atoms with Crippen LogP contribution in [0.3, 0.4) is 0 Å². The topological polar surface area (TPSA) is 32.3 Å². The Morgan fingerprint density at radius 3 is 3.00 bits per heavy atom. The zero-order chi connectivity index (χ0) is 13.0. The van der Waals surface area contributed by atoms with Crippen LogP contribution in [-0.4, -0.2) is 36.5 Å². The molecule has 1 aromatic rings. The highest BCUT2D eigenvalue weighted by molar-refractivity contribution is 7.09. The van der Waals surface area contributed by atoms with Crippen LogP contribution in [0.5, 0.6) is 0 Å². The molecule has 1 aliphatic rings. The standard InChI is InChI=1S/C14H22N2OS/c1-3-14(8-5-9-15-14)13(17)16(2)10-7-12-6-4-11-18-12/h4,6,11,15H,3,5,7-10H2,1-2H3. The lowest BCUT2D eigenvalue weighted by Gasteiger charge is -2.31. The molecule has 2 heterocycles. The first-order valence-corrected chi connectivity index (χ1v) is 7.59. The molecule has 1 amide bonds. The molecule has 2 rings (SSSR count). The monoisotopic (exact) mass is 266 g/mol. The van der Waals surface area contributed by atoms with Crippen LogP contribution in [0.2, 0.25) is 0 Å². The number of hydrogen-bond donors (Lipinski definition) is 1. The highest BCUT2D eigenvalue weighted by Crippen LogP contribution is 2.25. The van der Waals surface area contributed by atoms with Crippen molar-refractivity contribution in [1.29, 1.82) is 0 Å². The summed E-state index contributed by atoms with van der Waals surface area (Å²) in [6.07, 6.45) is 3.93. The average molecular weight is 266 g/mol. The summed E-state index contributed by atoms with van der Waals surface area (Å²) >= 11 is 1.76. The number of carbonyl (C=O) groups is 1. The van der Waals surface area contributed by atoms with Crippen LogP contribution < -0.4 is 5.32 Å². The molecule has 18 heavy (non-hydrogen) atoms. The van der Waals surface area contributed by atoms with Gasteiger partial charge in [0.05, 0.1) is 5.54 Å². The van der Waals surface area contributed by atoms with Gasteiger partial charge in [0.15, 0.2) is 0 Å². The smallest absolute Gasteiger partial charge is 0.242 e. The molecule has 1 fully saturated rings. The van der Waals surface area contributed by atoms with Gasteiger partial charge in [-0.15, -0.1) is 11.3 Å². The van der Waals surface area contributed by atoms with Gasteiger partial charge in [-0.25, -0.2) is 0 Å². The van der Waals surface area contributed by atoms with Gasteiger partial charge in [0.1, 0.15) is 0 Å². The van der Waals surface area contributed by atoms with Crippen molar-refractivity contribution >= 4 is 17.2 Å². The van der Waals surface area contributed by atoms with Gasteiger partial charge in [-0.05, 0) is 43.7 Å². The second-order valence-electron chi connectivity index (χ2n) is 5.02. The average Bonchev–Trinajstić information content (AvgIpc) is 3.06. The van der Waals surface area contributed by atoms with E-state index in [-0.39, 0.29) is 11.4 Å².